The predicted molar refractivity (Wildman–Crippen MR) is 84.3 cm³/mol. The van der Waals surface area contributed by atoms with E-state index in [4.69, 9.17) is 11.6 Å². The van der Waals surface area contributed by atoms with Gasteiger partial charge in [-0.15, -0.1) is 0 Å². The predicted octanol–water partition coefficient (Wildman–Crippen LogP) is 4.26. The van der Waals surface area contributed by atoms with Gasteiger partial charge >= 0.3 is 0 Å². The van der Waals surface area contributed by atoms with Crippen molar-refractivity contribution in [2.45, 2.75) is 39.8 Å². The van der Waals surface area contributed by atoms with Gasteiger partial charge in [0.05, 0.1) is 23.0 Å². The molecule has 2 aromatic rings. The van der Waals surface area contributed by atoms with E-state index in [0.717, 1.165) is 23.4 Å². The van der Waals surface area contributed by atoms with Crippen LogP contribution in [0.15, 0.2) is 24.4 Å². The molecule has 114 valence electrons. The number of nitrogens with one attached hydrogen (secondary N) is 1. The molecule has 0 amide bonds. The molecule has 1 aromatic heterocycles. The molecule has 1 atom stereocenters. The summed E-state index contributed by atoms with van der Waals surface area (Å²) in [6, 6.07) is 5.05. The van der Waals surface area contributed by atoms with Gasteiger partial charge in [-0.1, -0.05) is 24.6 Å². The zero-order chi connectivity index (χ0) is 15.6. The summed E-state index contributed by atoms with van der Waals surface area (Å²) in [5, 5.41) is 8.31. The second-order valence-electron chi connectivity index (χ2n) is 5.47. The first-order valence-corrected chi connectivity index (χ1v) is 7.55. The van der Waals surface area contributed by atoms with E-state index in [1.54, 1.807) is 12.3 Å². The highest BCUT2D eigenvalue weighted by Crippen LogP contribution is 2.31. The topological polar surface area (TPSA) is 29.9 Å². The Kier molecular flexibility index (Phi) is 5.01. The van der Waals surface area contributed by atoms with Crippen LogP contribution in [0.2, 0.25) is 5.02 Å². The molecule has 0 aliphatic rings. The maximum Gasteiger partial charge on any atom is 0.123 e. The molecule has 21 heavy (non-hydrogen) atoms. The lowest BCUT2D eigenvalue weighted by Crippen LogP contribution is -2.26. The summed E-state index contributed by atoms with van der Waals surface area (Å²) in [4.78, 5) is 0. The van der Waals surface area contributed by atoms with Gasteiger partial charge in [0.15, 0.2) is 0 Å². The van der Waals surface area contributed by atoms with Crippen molar-refractivity contribution in [3.8, 4) is 0 Å². The van der Waals surface area contributed by atoms with Gasteiger partial charge < -0.3 is 5.32 Å². The zero-order valence-corrected chi connectivity index (χ0v) is 13.6. The fourth-order valence-electron chi connectivity index (χ4n) is 2.54. The van der Waals surface area contributed by atoms with E-state index >= 15 is 0 Å². The first kappa shape index (κ1) is 16.0. The molecule has 1 heterocycles. The number of hydrogen-bond donors (Lipinski definition) is 1. The summed E-state index contributed by atoms with van der Waals surface area (Å²) in [6.07, 6.45) is 1.65. The molecule has 0 spiro atoms. The highest BCUT2D eigenvalue weighted by atomic mass is 35.5. The third kappa shape index (κ3) is 3.44. The molecule has 0 fully saturated rings. The molecule has 0 saturated heterocycles. The van der Waals surface area contributed by atoms with Crippen molar-refractivity contribution < 1.29 is 4.39 Å². The quantitative estimate of drug-likeness (QED) is 0.894. The molecule has 1 aromatic carbocycles. The number of benzene rings is 1. The average Bonchev–Trinajstić information content (AvgIpc) is 2.76. The van der Waals surface area contributed by atoms with Gasteiger partial charge in [0, 0.05) is 6.04 Å². The largest absolute Gasteiger partial charge is 0.305 e. The maximum absolute atomic E-state index is 13.7. The lowest BCUT2D eigenvalue weighted by molar-refractivity contribution is 0.475. The normalized spacial score (nSPS) is 12.9. The van der Waals surface area contributed by atoms with Crippen LogP contribution in [0, 0.1) is 12.7 Å². The lowest BCUT2D eigenvalue weighted by atomic mass is 10.0. The van der Waals surface area contributed by atoms with Crippen molar-refractivity contribution in [3.63, 3.8) is 0 Å². The highest BCUT2D eigenvalue weighted by Gasteiger charge is 2.23. The number of rotatable bonds is 5. The summed E-state index contributed by atoms with van der Waals surface area (Å²) < 4.78 is 15.6. The molecular weight excluding hydrogens is 289 g/mol. The molecule has 0 bridgehead atoms. The summed E-state index contributed by atoms with van der Waals surface area (Å²) in [5.41, 5.74) is 2.62. The van der Waals surface area contributed by atoms with Gasteiger partial charge in [-0.05, 0) is 50.6 Å². The van der Waals surface area contributed by atoms with Crippen molar-refractivity contribution in [2.24, 2.45) is 0 Å². The molecule has 3 nitrogen and oxygen atoms in total. The minimum Gasteiger partial charge on any atom is -0.305 e. The highest BCUT2D eigenvalue weighted by molar-refractivity contribution is 6.31. The third-order valence-corrected chi connectivity index (χ3v) is 3.65. The van der Waals surface area contributed by atoms with Crippen LogP contribution in [-0.4, -0.2) is 16.3 Å². The molecule has 0 saturated carbocycles. The van der Waals surface area contributed by atoms with Crippen LogP contribution in [0.25, 0.3) is 0 Å². The van der Waals surface area contributed by atoms with Crippen molar-refractivity contribution in [2.75, 3.05) is 6.54 Å². The molecule has 0 aliphatic carbocycles. The van der Waals surface area contributed by atoms with Crippen LogP contribution in [0.5, 0.6) is 0 Å². The standard InChI is InChI=1S/C16H21ClFN3/c1-5-19-15(12-6-11(4)7-13(18)8-12)16-14(17)9-20-21(16)10(2)3/h6-10,15,19H,5H2,1-4H3. The van der Waals surface area contributed by atoms with Crippen molar-refractivity contribution in [1.82, 2.24) is 15.1 Å². The zero-order valence-electron chi connectivity index (χ0n) is 12.8. The van der Waals surface area contributed by atoms with Crippen LogP contribution in [0.4, 0.5) is 4.39 Å². The Bertz CT molecular complexity index is 602. The average molecular weight is 310 g/mol. The van der Waals surface area contributed by atoms with E-state index in [-0.39, 0.29) is 17.9 Å². The fraction of sp³-hybridized carbons (Fsp3) is 0.438. The molecule has 1 unspecified atom stereocenters. The number of aromatic nitrogens is 2. The Hall–Kier alpha value is -1.39. The van der Waals surface area contributed by atoms with Gasteiger partial charge in [-0.25, -0.2) is 4.39 Å². The Morgan fingerprint density at radius 3 is 2.62 bits per heavy atom. The molecule has 0 aliphatic heterocycles. The fourth-order valence-corrected chi connectivity index (χ4v) is 2.78. The van der Waals surface area contributed by atoms with Crippen LogP contribution in [0.1, 0.15) is 49.7 Å². The third-order valence-electron chi connectivity index (χ3n) is 3.36. The van der Waals surface area contributed by atoms with Crippen LogP contribution >= 0.6 is 11.6 Å². The van der Waals surface area contributed by atoms with Crippen LogP contribution in [-0.2, 0) is 0 Å². The van der Waals surface area contributed by atoms with E-state index < -0.39 is 0 Å². The first-order valence-electron chi connectivity index (χ1n) is 7.17. The Morgan fingerprint density at radius 1 is 1.33 bits per heavy atom. The second kappa shape index (κ2) is 6.58. The number of halogens is 2. The minimum absolute atomic E-state index is 0.179. The van der Waals surface area contributed by atoms with Gasteiger partial charge in [0.1, 0.15) is 5.82 Å². The Morgan fingerprint density at radius 2 is 2.05 bits per heavy atom. The molecule has 5 heteroatoms. The monoisotopic (exact) mass is 309 g/mol. The van der Waals surface area contributed by atoms with Crippen molar-refractivity contribution in [1.29, 1.82) is 0 Å². The van der Waals surface area contributed by atoms with Gasteiger partial charge in [-0.2, -0.15) is 5.10 Å². The summed E-state index contributed by atoms with van der Waals surface area (Å²) >= 11 is 6.33. The van der Waals surface area contributed by atoms with E-state index in [1.165, 1.54) is 6.07 Å². The van der Waals surface area contributed by atoms with Gasteiger partial charge in [-0.3, -0.25) is 4.68 Å². The summed E-state index contributed by atoms with van der Waals surface area (Å²) in [5.74, 6) is -0.236. The molecule has 2 rings (SSSR count). The molecular formula is C16H21ClFN3. The summed E-state index contributed by atoms with van der Waals surface area (Å²) in [7, 11) is 0. The first-order chi connectivity index (χ1) is 9.93. The van der Waals surface area contributed by atoms with Crippen molar-refractivity contribution in [3.05, 3.63) is 52.1 Å². The van der Waals surface area contributed by atoms with E-state index in [1.807, 2.05) is 38.4 Å². The maximum atomic E-state index is 13.7. The van der Waals surface area contributed by atoms with E-state index in [9.17, 15) is 4.39 Å². The number of aryl methyl sites for hydroxylation is 1. The minimum atomic E-state index is -0.236. The second-order valence-corrected chi connectivity index (χ2v) is 5.88. The van der Waals surface area contributed by atoms with Gasteiger partial charge in [0.25, 0.3) is 0 Å². The van der Waals surface area contributed by atoms with Crippen LogP contribution in [0.3, 0.4) is 0 Å². The number of hydrogen-bond acceptors (Lipinski definition) is 2. The van der Waals surface area contributed by atoms with Gasteiger partial charge in [0.2, 0.25) is 0 Å². The Balaban J connectivity index is 2.56. The lowest BCUT2D eigenvalue weighted by Gasteiger charge is -2.22. The van der Waals surface area contributed by atoms with E-state index in [2.05, 4.69) is 10.4 Å². The summed E-state index contributed by atoms with van der Waals surface area (Å²) in [6.45, 7) is 8.75. The smallest absolute Gasteiger partial charge is 0.123 e. The molecule has 0 radical (unpaired) electrons. The van der Waals surface area contributed by atoms with Crippen molar-refractivity contribution >= 4 is 11.6 Å². The number of nitrogens with zero attached hydrogens (tertiary/aromatic N) is 2. The SMILES string of the molecule is CCNC(c1cc(C)cc(F)c1)c1c(Cl)cnn1C(C)C. The van der Waals surface area contributed by atoms with E-state index in [0.29, 0.717) is 5.02 Å². The Labute approximate surface area is 130 Å². The van der Waals surface area contributed by atoms with Crippen LogP contribution < -0.4 is 5.32 Å². The molecule has 1 N–H and O–H groups in total.